The van der Waals surface area contributed by atoms with Crippen LogP contribution in [0.15, 0.2) is 40.5 Å². The van der Waals surface area contributed by atoms with Crippen LogP contribution < -0.4 is 9.47 Å². The zero-order chi connectivity index (χ0) is 19.1. The summed E-state index contributed by atoms with van der Waals surface area (Å²) in [5.74, 6) is -0.438. The molecule has 0 saturated heterocycles. The van der Waals surface area contributed by atoms with E-state index in [1.54, 1.807) is 18.2 Å². The van der Waals surface area contributed by atoms with Crippen molar-refractivity contribution in [3.05, 3.63) is 47.0 Å². The number of carbonyl (C=O) groups excluding carboxylic acids is 1. The minimum absolute atomic E-state index is 0.0356. The fraction of sp³-hybridized carbons (Fsp3) is 0.167. The number of benzene rings is 2. The van der Waals surface area contributed by atoms with Crippen molar-refractivity contribution in [1.29, 1.82) is 0 Å². The number of phenols is 2. The van der Waals surface area contributed by atoms with Crippen molar-refractivity contribution in [2.75, 3.05) is 21.3 Å². The summed E-state index contributed by atoms with van der Waals surface area (Å²) in [5, 5.41) is 27.3. The van der Waals surface area contributed by atoms with Crippen LogP contribution in [0.2, 0.25) is 0 Å². The molecule has 0 aliphatic rings. The summed E-state index contributed by atoms with van der Waals surface area (Å²) in [4.78, 5) is 11.5. The van der Waals surface area contributed by atoms with Crippen LogP contribution >= 0.6 is 0 Å². The Labute approximate surface area is 150 Å². The summed E-state index contributed by atoms with van der Waals surface area (Å²) in [6.07, 6.45) is 2.86. The van der Waals surface area contributed by atoms with Gasteiger partial charge in [-0.2, -0.15) is 10.2 Å². The molecular formula is C18H18N2O6. The molecule has 0 bridgehead atoms. The lowest BCUT2D eigenvalue weighted by molar-refractivity contribution is 0.0597. The Morgan fingerprint density at radius 3 is 2.04 bits per heavy atom. The summed E-state index contributed by atoms with van der Waals surface area (Å²) in [6.45, 7) is 0. The summed E-state index contributed by atoms with van der Waals surface area (Å²) >= 11 is 0. The molecule has 0 aliphatic carbocycles. The maximum atomic E-state index is 11.5. The average molecular weight is 358 g/mol. The van der Waals surface area contributed by atoms with Crippen LogP contribution in [-0.2, 0) is 4.74 Å². The molecule has 0 amide bonds. The van der Waals surface area contributed by atoms with Crippen molar-refractivity contribution in [3.63, 3.8) is 0 Å². The van der Waals surface area contributed by atoms with Gasteiger partial charge in [-0.3, -0.25) is 0 Å². The predicted molar refractivity (Wildman–Crippen MR) is 95.8 cm³/mol. The van der Waals surface area contributed by atoms with Crippen molar-refractivity contribution in [2.24, 2.45) is 10.2 Å². The molecule has 0 saturated carbocycles. The Morgan fingerprint density at radius 1 is 0.923 bits per heavy atom. The second kappa shape index (κ2) is 8.52. The van der Waals surface area contributed by atoms with Crippen molar-refractivity contribution in [2.45, 2.75) is 0 Å². The van der Waals surface area contributed by atoms with Gasteiger partial charge in [-0.15, -0.1) is 0 Å². The lowest BCUT2D eigenvalue weighted by atomic mass is 10.1. The van der Waals surface area contributed by atoms with Gasteiger partial charge in [0.2, 0.25) is 5.75 Å². The number of aromatic hydroxyl groups is 2. The SMILES string of the molecule is COC(=O)c1cc(/C=N/N=C/c2cc(OC)c(O)c(OC)c2)ccc1O. The molecule has 0 spiro atoms. The van der Waals surface area contributed by atoms with Crippen LogP contribution in [0.5, 0.6) is 23.0 Å². The zero-order valence-electron chi connectivity index (χ0n) is 14.5. The average Bonchev–Trinajstić information content (AvgIpc) is 2.66. The van der Waals surface area contributed by atoms with E-state index in [1.807, 2.05) is 0 Å². The number of esters is 1. The number of hydrogen-bond donors (Lipinski definition) is 2. The van der Waals surface area contributed by atoms with Crippen LogP contribution in [-0.4, -0.2) is 49.9 Å². The van der Waals surface area contributed by atoms with Gasteiger partial charge >= 0.3 is 5.97 Å². The van der Waals surface area contributed by atoms with Crippen LogP contribution in [0.25, 0.3) is 0 Å². The van der Waals surface area contributed by atoms with Crippen molar-refractivity contribution < 1.29 is 29.2 Å². The third kappa shape index (κ3) is 4.29. The van der Waals surface area contributed by atoms with E-state index in [1.165, 1.54) is 45.9 Å². The minimum Gasteiger partial charge on any atom is -0.507 e. The first kappa shape index (κ1) is 18.8. The highest BCUT2D eigenvalue weighted by atomic mass is 16.5. The zero-order valence-corrected chi connectivity index (χ0v) is 14.5. The molecule has 2 aromatic carbocycles. The fourth-order valence-corrected chi connectivity index (χ4v) is 2.10. The summed E-state index contributed by atoms with van der Waals surface area (Å²) < 4.78 is 14.7. The van der Waals surface area contributed by atoms with Crippen LogP contribution in [0.1, 0.15) is 21.5 Å². The highest BCUT2D eigenvalue weighted by Crippen LogP contribution is 2.36. The maximum absolute atomic E-state index is 11.5. The molecule has 2 rings (SSSR count). The van der Waals surface area contributed by atoms with Gasteiger partial charge < -0.3 is 24.4 Å². The van der Waals surface area contributed by atoms with E-state index < -0.39 is 5.97 Å². The molecule has 0 atom stereocenters. The lowest BCUT2D eigenvalue weighted by Gasteiger charge is -2.08. The standard InChI is InChI=1S/C18H18N2O6/c1-24-15-7-12(8-16(25-2)17(15)22)10-20-19-9-11-4-5-14(21)13(6-11)18(23)26-3/h4-10,21-22H,1-3H3/b19-9+,20-10+. The Kier molecular flexibility index (Phi) is 6.15. The van der Waals surface area contributed by atoms with Gasteiger partial charge in [0.1, 0.15) is 11.3 Å². The van der Waals surface area contributed by atoms with Crippen molar-refractivity contribution >= 4 is 18.4 Å². The second-order valence-corrected chi connectivity index (χ2v) is 5.03. The van der Waals surface area contributed by atoms with Gasteiger partial charge in [0.15, 0.2) is 11.5 Å². The lowest BCUT2D eigenvalue weighted by Crippen LogP contribution is -2.02. The van der Waals surface area contributed by atoms with E-state index in [-0.39, 0.29) is 28.6 Å². The summed E-state index contributed by atoms with van der Waals surface area (Å²) in [7, 11) is 4.08. The second-order valence-electron chi connectivity index (χ2n) is 5.03. The van der Waals surface area contributed by atoms with E-state index in [9.17, 15) is 15.0 Å². The molecule has 8 heteroatoms. The Hall–Kier alpha value is -3.55. The smallest absolute Gasteiger partial charge is 0.341 e. The predicted octanol–water partition coefficient (Wildman–Crippen LogP) is 2.35. The Bertz CT molecular complexity index is 836. The molecule has 2 N–H and O–H groups in total. The van der Waals surface area contributed by atoms with Gasteiger partial charge in [-0.25, -0.2) is 4.79 Å². The molecule has 0 radical (unpaired) electrons. The third-order valence-electron chi connectivity index (χ3n) is 3.41. The first-order chi connectivity index (χ1) is 12.5. The van der Waals surface area contributed by atoms with Crippen LogP contribution in [0, 0.1) is 0 Å². The van der Waals surface area contributed by atoms with E-state index >= 15 is 0 Å². The molecular weight excluding hydrogens is 340 g/mol. The summed E-state index contributed by atoms with van der Waals surface area (Å²) in [5.41, 5.74) is 1.20. The highest BCUT2D eigenvalue weighted by molar-refractivity contribution is 5.95. The monoisotopic (exact) mass is 358 g/mol. The number of rotatable bonds is 6. The third-order valence-corrected chi connectivity index (χ3v) is 3.41. The van der Waals surface area contributed by atoms with E-state index in [0.29, 0.717) is 11.1 Å². The quantitative estimate of drug-likeness (QED) is 0.466. The molecule has 2 aromatic rings. The van der Waals surface area contributed by atoms with Crippen LogP contribution in [0.4, 0.5) is 0 Å². The number of phenolic OH excluding ortho intramolecular Hbond substituents is 2. The Morgan fingerprint density at radius 2 is 1.50 bits per heavy atom. The normalized spacial score (nSPS) is 11.0. The number of hydrogen-bond acceptors (Lipinski definition) is 8. The van der Waals surface area contributed by atoms with Gasteiger partial charge in [-0.1, -0.05) is 0 Å². The molecule has 8 nitrogen and oxygen atoms in total. The number of methoxy groups -OCH3 is 3. The molecule has 26 heavy (non-hydrogen) atoms. The molecule has 136 valence electrons. The van der Waals surface area contributed by atoms with Crippen molar-refractivity contribution in [3.8, 4) is 23.0 Å². The highest BCUT2D eigenvalue weighted by Gasteiger charge is 2.11. The van der Waals surface area contributed by atoms with Crippen LogP contribution in [0.3, 0.4) is 0 Å². The summed E-state index contributed by atoms with van der Waals surface area (Å²) in [6, 6.07) is 7.53. The number of nitrogens with zero attached hydrogens (tertiary/aromatic N) is 2. The first-order valence-electron chi connectivity index (χ1n) is 7.42. The van der Waals surface area contributed by atoms with Gasteiger partial charge in [-0.05, 0) is 35.9 Å². The molecule has 0 heterocycles. The van der Waals surface area contributed by atoms with Gasteiger partial charge in [0.05, 0.1) is 33.8 Å². The van der Waals surface area contributed by atoms with E-state index in [0.717, 1.165) is 0 Å². The largest absolute Gasteiger partial charge is 0.507 e. The molecule has 0 fully saturated rings. The number of ether oxygens (including phenoxy) is 3. The van der Waals surface area contributed by atoms with Crippen molar-refractivity contribution in [1.82, 2.24) is 0 Å². The fourth-order valence-electron chi connectivity index (χ4n) is 2.10. The minimum atomic E-state index is -0.649. The van der Waals surface area contributed by atoms with E-state index in [4.69, 9.17) is 9.47 Å². The Balaban J connectivity index is 2.19. The van der Waals surface area contributed by atoms with Gasteiger partial charge in [0.25, 0.3) is 0 Å². The molecule has 0 aromatic heterocycles. The molecule has 0 aliphatic heterocycles. The maximum Gasteiger partial charge on any atom is 0.341 e. The molecule has 0 unspecified atom stereocenters. The van der Waals surface area contributed by atoms with Gasteiger partial charge in [0, 0.05) is 5.56 Å². The van der Waals surface area contributed by atoms with E-state index in [2.05, 4.69) is 14.9 Å². The number of carbonyl (C=O) groups is 1. The first-order valence-corrected chi connectivity index (χ1v) is 7.42. The topological polar surface area (TPSA) is 110 Å².